The van der Waals surface area contributed by atoms with E-state index < -0.39 is 0 Å². The molecule has 0 fully saturated rings. The average molecular weight is 294 g/mol. The maximum Gasteiger partial charge on any atom is 0.104 e. The molecule has 1 N–H and O–H groups in total. The number of hydrogen-bond donors (Lipinski definition) is 1. The van der Waals surface area contributed by atoms with Crippen LogP contribution in [0.5, 0.6) is 0 Å². The molecule has 0 saturated carbocycles. The van der Waals surface area contributed by atoms with Crippen LogP contribution in [-0.2, 0) is 18.6 Å². The van der Waals surface area contributed by atoms with Gasteiger partial charge in [-0.25, -0.2) is 0 Å². The summed E-state index contributed by atoms with van der Waals surface area (Å²) in [5.74, 6) is 6.56. The van der Waals surface area contributed by atoms with Gasteiger partial charge in [-0.1, -0.05) is 30.0 Å². The van der Waals surface area contributed by atoms with Gasteiger partial charge in [-0.05, 0) is 60.2 Å². The fourth-order valence-electron chi connectivity index (χ4n) is 2.63. The van der Waals surface area contributed by atoms with Crippen molar-refractivity contribution >= 4 is 11.8 Å². The zero-order chi connectivity index (χ0) is 14.5. The van der Waals surface area contributed by atoms with Crippen molar-refractivity contribution in [3.05, 3.63) is 64.7 Å². The molecule has 0 spiro atoms. The van der Waals surface area contributed by atoms with E-state index in [0.717, 1.165) is 11.3 Å². The van der Waals surface area contributed by atoms with E-state index in [1.165, 1.54) is 40.8 Å². The number of fused-ring (bicyclic) bond motifs is 1. The Balaban J connectivity index is 1.62. The Bertz CT molecular complexity index is 677. The molecule has 106 valence electrons. The van der Waals surface area contributed by atoms with E-state index in [2.05, 4.69) is 42.2 Å². The molecule has 1 nitrogen and oxygen atoms in total. The molecule has 1 aliphatic carbocycles. The maximum absolute atomic E-state index is 8.68. The SMILES string of the molecule is OCC#Cc1ccc(CSc2ccc3c(c2)CCC3)cc1. The van der Waals surface area contributed by atoms with Crippen molar-refractivity contribution in [3.8, 4) is 11.8 Å². The van der Waals surface area contributed by atoms with Crippen LogP contribution in [0.15, 0.2) is 47.4 Å². The fraction of sp³-hybridized carbons (Fsp3) is 0.263. The summed E-state index contributed by atoms with van der Waals surface area (Å²) in [6.07, 6.45) is 3.79. The molecule has 2 heteroatoms. The Morgan fingerprint density at radius 3 is 2.62 bits per heavy atom. The summed E-state index contributed by atoms with van der Waals surface area (Å²) in [6.45, 7) is -0.0874. The van der Waals surface area contributed by atoms with Gasteiger partial charge in [0.25, 0.3) is 0 Å². The number of aliphatic hydroxyl groups is 1. The molecule has 0 radical (unpaired) electrons. The highest BCUT2D eigenvalue weighted by Gasteiger charge is 2.10. The summed E-state index contributed by atoms with van der Waals surface area (Å²) >= 11 is 1.89. The van der Waals surface area contributed by atoms with Gasteiger partial charge < -0.3 is 5.11 Å². The van der Waals surface area contributed by atoms with Crippen molar-refractivity contribution < 1.29 is 5.11 Å². The summed E-state index contributed by atoms with van der Waals surface area (Å²) in [5, 5.41) is 8.68. The molecule has 0 heterocycles. The van der Waals surface area contributed by atoms with Crippen molar-refractivity contribution in [2.75, 3.05) is 6.61 Å². The van der Waals surface area contributed by atoms with Crippen molar-refractivity contribution in [1.82, 2.24) is 0 Å². The van der Waals surface area contributed by atoms with E-state index in [-0.39, 0.29) is 6.61 Å². The third-order valence-corrected chi connectivity index (χ3v) is 4.81. The largest absolute Gasteiger partial charge is 0.384 e. The number of thioether (sulfide) groups is 1. The monoisotopic (exact) mass is 294 g/mol. The first-order chi connectivity index (χ1) is 10.3. The van der Waals surface area contributed by atoms with Gasteiger partial charge in [-0.15, -0.1) is 11.8 Å². The van der Waals surface area contributed by atoms with Crippen LogP contribution in [0.1, 0.15) is 28.7 Å². The lowest BCUT2D eigenvalue weighted by Gasteiger charge is -2.05. The highest BCUT2D eigenvalue weighted by Crippen LogP contribution is 2.29. The van der Waals surface area contributed by atoms with Crippen molar-refractivity contribution in [1.29, 1.82) is 0 Å². The van der Waals surface area contributed by atoms with Crippen LogP contribution in [-0.4, -0.2) is 11.7 Å². The summed E-state index contributed by atoms with van der Waals surface area (Å²) in [4.78, 5) is 1.36. The van der Waals surface area contributed by atoms with Crippen LogP contribution in [0.25, 0.3) is 0 Å². The first kappa shape index (κ1) is 14.3. The Hall–Kier alpha value is -1.69. The minimum Gasteiger partial charge on any atom is -0.384 e. The van der Waals surface area contributed by atoms with Crippen LogP contribution >= 0.6 is 11.8 Å². The van der Waals surface area contributed by atoms with Gasteiger partial charge in [0, 0.05) is 16.2 Å². The van der Waals surface area contributed by atoms with Crippen molar-refractivity contribution in [2.24, 2.45) is 0 Å². The summed E-state index contributed by atoms with van der Waals surface area (Å²) < 4.78 is 0. The van der Waals surface area contributed by atoms with Gasteiger partial charge in [-0.3, -0.25) is 0 Å². The molecular weight excluding hydrogens is 276 g/mol. The third-order valence-electron chi connectivity index (χ3n) is 3.74. The lowest BCUT2D eigenvalue weighted by molar-refractivity contribution is 0.350. The highest BCUT2D eigenvalue weighted by atomic mass is 32.2. The van der Waals surface area contributed by atoms with E-state index >= 15 is 0 Å². The molecular formula is C19H18OS. The fourth-order valence-corrected chi connectivity index (χ4v) is 3.55. The van der Waals surface area contributed by atoms with E-state index in [9.17, 15) is 0 Å². The van der Waals surface area contributed by atoms with Crippen molar-refractivity contribution in [2.45, 2.75) is 29.9 Å². The number of aryl methyl sites for hydroxylation is 2. The number of hydrogen-bond acceptors (Lipinski definition) is 2. The molecule has 0 saturated heterocycles. The van der Waals surface area contributed by atoms with Gasteiger partial charge in [0.05, 0.1) is 0 Å². The zero-order valence-electron chi connectivity index (χ0n) is 11.9. The van der Waals surface area contributed by atoms with Crippen LogP contribution < -0.4 is 0 Å². The van der Waals surface area contributed by atoms with Crippen LogP contribution in [0.2, 0.25) is 0 Å². The number of rotatable bonds is 3. The molecule has 0 amide bonds. The predicted octanol–water partition coefficient (Wildman–Crippen LogP) is 3.81. The first-order valence-corrected chi connectivity index (χ1v) is 8.27. The number of aliphatic hydroxyl groups excluding tert-OH is 1. The average Bonchev–Trinajstić information content (AvgIpc) is 2.99. The summed E-state index contributed by atoms with van der Waals surface area (Å²) in [6, 6.07) is 15.1. The number of benzene rings is 2. The summed E-state index contributed by atoms with van der Waals surface area (Å²) in [5.41, 5.74) is 5.33. The van der Waals surface area contributed by atoms with Gasteiger partial charge in [0.2, 0.25) is 0 Å². The lowest BCUT2D eigenvalue weighted by Crippen LogP contribution is -1.85. The molecule has 3 rings (SSSR count). The van der Waals surface area contributed by atoms with Gasteiger partial charge in [0.15, 0.2) is 0 Å². The molecule has 0 atom stereocenters. The lowest BCUT2D eigenvalue weighted by atomic mass is 10.1. The zero-order valence-corrected chi connectivity index (χ0v) is 12.7. The molecule has 1 aliphatic rings. The molecule has 0 bridgehead atoms. The second-order valence-electron chi connectivity index (χ2n) is 5.23. The Morgan fingerprint density at radius 1 is 1.00 bits per heavy atom. The minimum atomic E-state index is -0.0874. The van der Waals surface area contributed by atoms with E-state index in [1.54, 1.807) is 0 Å². The van der Waals surface area contributed by atoms with Crippen molar-refractivity contribution in [3.63, 3.8) is 0 Å². The Morgan fingerprint density at radius 2 is 1.81 bits per heavy atom. The molecule has 2 aromatic rings. The quantitative estimate of drug-likeness (QED) is 0.686. The minimum absolute atomic E-state index is 0.0874. The molecule has 21 heavy (non-hydrogen) atoms. The van der Waals surface area contributed by atoms with Gasteiger partial charge >= 0.3 is 0 Å². The first-order valence-electron chi connectivity index (χ1n) is 7.28. The molecule has 2 aromatic carbocycles. The smallest absolute Gasteiger partial charge is 0.104 e. The molecule has 0 aromatic heterocycles. The predicted molar refractivity (Wildman–Crippen MR) is 88.4 cm³/mol. The molecule has 0 unspecified atom stereocenters. The third kappa shape index (κ3) is 3.69. The van der Waals surface area contributed by atoms with Gasteiger partial charge in [-0.2, -0.15) is 0 Å². The van der Waals surface area contributed by atoms with E-state index in [4.69, 9.17) is 5.11 Å². The molecule has 0 aliphatic heterocycles. The Kier molecular flexibility index (Phi) is 4.65. The van der Waals surface area contributed by atoms with E-state index in [1.807, 2.05) is 23.9 Å². The normalized spacial score (nSPS) is 12.6. The van der Waals surface area contributed by atoms with Gasteiger partial charge in [0.1, 0.15) is 6.61 Å². The van der Waals surface area contributed by atoms with E-state index in [0.29, 0.717) is 0 Å². The second kappa shape index (κ2) is 6.85. The highest BCUT2D eigenvalue weighted by molar-refractivity contribution is 7.98. The van der Waals surface area contributed by atoms with Crippen LogP contribution in [0.3, 0.4) is 0 Å². The standard InChI is InChI=1S/C19H18OS/c20-12-2-3-15-6-8-16(9-7-15)14-21-19-11-10-17-4-1-5-18(17)13-19/h6-11,13,20H,1,4-5,12,14H2. The maximum atomic E-state index is 8.68. The topological polar surface area (TPSA) is 20.2 Å². The van der Waals surface area contributed by atoms with Crippen LogP contribution in [0.4, 0.5) is 0 Å². The second-order valence-corrected chi connectivity index (χ2v) is 6.28. The van der Waals surface area contributed by atoms with Crippen LogP contribution in [0, 0.1) is 11.8 Å². The summed E-state index contributed by atoms with van der Waals surface area (Å²) in [7, 11) is 0. The Labute approximate surface area is 130 Å².